The van der Waals surface area contributed by atoms with E-state index in [1.54, 1.807) is 17.4 Å². The molecule has 1 aromatic carbocycles. The first-order valence-electron chi connectivity index (χ1n) is 5.47. The molecule has 2 aromatic rings. The molecule has 0 bridgehead atoms. The maximum Gasteiger partial charge on any atom is 0.107 e. The summed E-state index contributed by atoms with van der Waals surface area (Å²) in [5.74, 6) is 0. The third kappa shape index (κ3) is 2.75. The average Bonchev–Trinajstić information content (AvgIpc) is 2.89. The lowest BCUT2D eigenvalue weighted by Crippen LogP contribution is -2.05. The second kappa shape index (κ2) is 5.66. The van der Waals surface area contributed by atoms with E-state index in [1.165, 1.54) is 0 Å². The summed E-state index contributed by atoms with van der Waals surface area (Å²) in [5.41, 5.74) is 2.78. The van der Waals surface area contributed by atoms with Crippen molar-refractivity contribution in [2.24, 2.45) is 0 Å². The van der Waals surface area contributed by atoms with Gasteiger partial charge in [0.15, 0.2) is 0 Å². The summed E-state index contributed by atoms with van der Waals surface area (Å²) < 4.78 is 0. The molecule has 2 N–H and O–H groups in total. The van der Waals surface area contributed by atoms with Crippen LogP contribution in [-0.2, 0) is 0 Å². The predicted molar refractivity (Wildman–Crippen MR) is 73.5 cm³/mol. The maximum absolute atomic E-state index is 10.3. The molecule has 0 fully saturated rings. The summed E-state index contributed by atoms with van der Waals surface area (Å²) >= 11 is 1.59. The van der Waals surface area contributed by atoms with Gasteiger partial charge in [-0.15, -0.1) is 6.58 Å². The van der Waals surface area contributed by atoms with E-state index >= 15 is 0 Å². The lowest BCUT2D eigenvalue weighted by Gasteiger charge is -2.15. The van der Waals surface area contributed by atoms with Crippen molar-refractivity contribution in [3.8, 4) is 0 Å². The summed E-state index contributed by atoms with van der Waals surface area (Å²) in [6.07, 6.45) is 1.23. The molecule has 1 heterocycles. The number of benzene rings is 1. The van der Waals surface area contributed by atoms with Crippen LogP contribution in [0.5, 0.6) is 0 Å². The second-order valence-corrected chi connectivity index (χ2v) is 4.50. The minimum absolute atomic E-state index is 0.574. The molecular formula is C14H15NOS. The Labute approximate surface area is 105 Å². The second-order valence-electron chi connectivity index (χ2n) is 3.72. The van der Waals surface area contributed by atoms with Crippen LogP contribution in [0.2, 0.25) is 0 Å². The van der Waals surface area contributed by atoms with Gasteiger partial charge in [0.2, 0.25) is 0 Å². The molecule has 0 aliphatic heterocycles. The van der Waals surface area contributed by atoms with Crippen LogP contribution in [0.4, 0.5) is 5.69 Å². The third-order valence-corrected chi connectivity index (χ3v) is 3.25. The number of thiophene rings is 1. The first-order valence-corrected chi connectivity index (χ1v) is 6.41. The molecule has 1 aromatic heterocycles. The SMILES string of the molecule is C=CCNc1ccccc1C(O)c1ccsc1. The van der Waals surface area contributed by atoms with Crippen molar-refractivity contribution < 1.29 is 5.11 Å². The summed E-state index contributed by atoms with van der Waals surface area (Å²) in [6.45, 7) is 4.36. The Morgan fingerprint density at radius 2 is 2.18 bits per heavy atom. The average molecular weight is 245 g/mol. The normalized spacial score (nSPS) is 12.1. The van der Waals surface area contributed by atoms with Gasteiger partial charge in [0.05, 0.1) is 0 Å². The minimum atomic E-state index is -0.574. The molecule has 2 rings (SSSR count). The summed E-state index contributed by atoms with van der Waals surface area (Å²) in [5, 5.41) is 17.5. The van der Waals surface area contributed by atoms with Crippen LogP contribution in [0.25, 0.3) is 0 Å². The molecule has 0 saturated carbocycles. The third-order valence-electron chi connectivity index (χ3n) is 2.55. The molecule has 1 unspecified atom stereocenters. The minimum Gasteiger partial charge on any atom is -0.384 e. The summed E-state index contributed by atoms with van der Waals surface area (Å²) in [4.78, 5) is 0. The smallest absolute Gasteiger partial charge is 0.107 e. The van der Waals surface area contributed by atoms with E-state index in [1.807, 2.05) is 41.1 Å². The topological polar surface area (TPSA) is 32.3 Å². The summed E-state index contributed by atoms with van der Waals surface area (Å²) in [7, 11) is 0. The van der Waals surface area contributed by atoms with Crippen LogP contribution in [0, 0.1) is 0 Å². The molecule has 0 radical (unpaired) electrons. The number of aliphatic hydroxyl groups is 1. The Bertz CT molecular complexity index is 479. The molecule has 0 aliphatic carbocycles. The number of para-hydroxylation sites is 1. The largest absolute Gasteiger partial charge is 0.384 e. The number of anilines is 1. The van der Waals surface area contributed by atoms with Crippen molar-refractivity contribution >= 4 is 17.0 Å². The van der Waals surface area contributed by atoms with E-state index in [4.69, 9.17) is 0 Å². The fourth-order valence-corrected chi connectivity index (χ4v) is 2.37. The Hall–Kier alpha value is -1.58. The van der Waals surface area contributed by atoms with Crippen molar-refractivity contribution in [1.82, 2.24) is 0 Å². The molecule has 17 heavy (non-hydrogen) atoms. The highest BCUT2D eigenvalue weighted by molar-refractivity contribution is 7.07. The quantitative estimate of drug-likeness (QED) is 0.791. The van der Waals surface area contributed by atoms with Crippen molar-refractivity contribution in [2.45, 2.75) is 6.10 Å². The van der Waals surface area contributed by atoms with Crippen molar-refractivity contribution in [2.75, 3.05) is 11.9 Å². The maximum atomic E-state index is 10.3. The van der Waals surface area contributed by atoms with E-state index < -0.39 is 6.10 Å². The van der Waals surface area contributed by atoms with E-state index in [9.17, 15) is 5.11 Å². The Morgan fingerprint density at radius 3 is 2.88 bits per heavy atom. The van der Waals surface area contributed by atoms with Crippen molar-refractivity contribution in [1.29, 1.82) is 0 Å². The van der Waals surface area contributed by atoms with Crippen LogP contribution in [0.1, 0.15) is 17.2 Å². The number of hydrogen-bond acceptors (Lipinski definition) is 3. The highest BCUT2D eigenvalue weighted by Crippen LogP contribution is 2.29. The Morgan fingerprint density at radius 1 is 1.35 bits per heavy atom. The molecule has 1 atom stereocenters. The molecule has 0 amide bonds. The highest BCUT2D eigenvalue weighted by Gasteiger charge is 2.13. The monoisotopic (exact) mass is 245 g/mol. The van der Waals surface area contributed by atoms with Crippen LogP contribution in [0.3, 0.4) is 0 Å². The fourth-order valence-electron chi connectivity index (χ4n) is 1.69. The van der Waals surface area contributed by atoms with E-state index in [0.29, 0.717) is 6.54 Å². The zero-order valence-electron chi connectivity index (χ0n) is 9.47. The number of aliphatic hydroxyl groups excluding tert-OH is 1. The molecule has 88 valence electrons. The Balaban J connectivity index is 2.27. The van der Waals surface area contributed by atoms with E-state index in [2.05, 4.69) is 11.9 Å². The fraction of sp³-hybridized carbons (Fsp3) is 0.143. The summed E-state index contributed by atoms with van der Waals surface area (Å²) in [6, 6.07) is 9.74. The first-order chi connectivity index (χ1) is 8.33. The zero-order chi connectivity index (χ0) is 12.1. The lowest BCUT2D eigenvalue weighted by molar-refractivity contribution is 0.221. The number of hydrogen-bond donors (Lipinski definition) is 2. The number of rotatable bonds is 5. The predicted octanol–water partition coefficient (Wildman–Crippen LogP) is 3.43. The standard InChI is InChI=1S/C14H15NOS/c1-2-8-15-13-6-4-3-5-12(13)14(16)11-7-9-17-10-11/h2-7,9-10,14-16H,1,8H2. The van der Waals surface area contributed by atoms with Crippen LogP contribution < -0.4 is 5.32 Å². The van der Waals surface area contributed by atoms with Crippen molar-refractivity contribution in [3.05, 3.63) is 64.9 Å². The van der Waals surface area contributed by atoms with Gasteiger partial charge >= 0.3 is 0 Å². The van der Waals surface area contributed by atoms with Gasteiger partial charge in [-0.3, -0.25) is 0 Å². The van der Waals surface area contributed by atoms with Crippen molar-refractivity contribution in [3.63, 3.8) is 0 Å². The number of nitrogens with one attached hydrogen (secondary N) is 1. The highest BCUT2D eigenvalue weighted by atomic mass is 32.1. The van der Waals surface area contributed by atoms with Gasteiger partial charge < -0.3 is 10.4 Å². The van der Waals surface area contributed by atoms with Gasteiger partial charge in [-0.05, 0) is 28.5 Å². The zero-order valence-corrected chi connectivity index (χ0v) is 10.3. The van der Waals surface area contributed by atoms with Gasteiger partial charge in [-0.25, -0.2) is 0 Å². The van der Waals surface area contributed by atoms with Gasteiger partial charge in [0.1, 0.15) is 6.10 Å². The molecule has 2 nitrogen and oxygen atoms in total. The molecule has 0 aliphatic rings. The Kier molecular flexibility index (Phi) is 3.96. The van der Waals surface area contributed by atoms with Gasteiger partial charge in [-0.1, -0.05) is 24.3 Å². The van der Waals surface area contributed by atoms with E-state index in [-0.39, 0.29) is 0 Å². The lowest BCUT2D eigenvalue weighted by atomic mass is 10.0. The van der Waals surface area contributed by atoms with Gasteiger partial charge in [-0.2, -0.15) is 11.3 Å². The van der Waals surface area contributed by atoms with Gasteiger partial charge in [0.25, 0.3) is 0 Å². The molecule has 3 heteroatoms. The molecule has 0 saturated heterocycles. The first kappa shape index (κ1) is 11.9. The van der Waals surface area contributed by atoms with Crippen LogP contribution in [-0.4, -0.2) is 11.7 Å². The van der Waals surface area contributed by atoms with Crippen LogP contribution >= 0.6 is 11.3 Å². The van der Waals surface area contributed by atoms with Gasteiger partial charge in [0, 0.05) is 17.8 Å². The molecular weight excluding hydrogens is 230 g/mol. The van der Waals surface area contributed by atoms with Crippen LogP contribution in [0.15, 0.2) is 53.7 Å². The molecule has 0 spiro atoms. The van der Waals surface area contributed by atoms with E-state index in [0.717, 1.165) is 16.8 Å².